The summed E-state index contributed by atoms with van der Waals surface area (Å²) in [6.07, 6.45) is 0.329. The first-order chi connectivity index (χ1) is 13.7. The van der Waals surface area contributed by atoms with Crippen LogP contribution in [0.15, 0.2) is 35.2 Å². The third-order valence-corrected chi connectivity index (χ3v) is 7.01. The van der Waals surface area contributed by atoms with Crippen LogP contribution < -0.4 is 0 Å². The number of benzene rings is 1. The molecule has 0 radical (unpaired) electrons. The van der Waals surface area contributed by atoms with Crippen LogP contribution in [0, 0.1) is 13.8 Å². The van der Waals surface area contributed by atoms with Crippen molar-refractivity contribution in [2.75, 3.05) is 26.2 Å². The molecule has 1 amide bonds. The molecule has 1 fully saturated rings. The van der Waals surface area contributed by atoms with Gasteiger partial charge in [-0.3, -0.25) is 14.3 Å². The van der Waals surface area contributed by atoms with Gasteiger partial charge >= 0.3 is 0 Å². The number of nitrogens with zero attached hydrogens (tertiary/aromatic N) is 4. The Kier molecular flexibility index (Phi) is 6.18. The molecule has 0 N–H and O–H groups in total. The molecule has 1 aromatic heterocycles. The van der Waals surface area contributed by atoms with Crippen molar-refractivity contribution in [3.8, 4) is 0 Å². The number of rotatable bonds is 6. The lowest BCUT2D eigenvalue weighted by atomic mass is 10.2. The molecule has 8 nitrogen and oxygen atoms in total. The van der Waals surface area contributed by atoms with Crippen molar-refractivity contribution in [3.63, 3.8) is 0 Å². The third-order valence-electron chi connectivity index (χ3n) is 5.11. The van der Waals surface area contributed by atoms with E-state index >= 15 is 0 Å². The molecule has 0 aliphatic carbocycles. The highest BCUT2D eigenvalue weighted by atomic mass is 32.2. The van der Waals surface area contributed by atoms with Gasteiger partial charge in [0, 0.05) is 50.4 Å². The number of carbonyl (C=O) groups is 2. The Morgan fingerprint density at radius 1 is 1.07 bits per heavy atom. The van der Waals surface area contributed by atoms with Gasteiger partial charge in [-0.05, 0) is 39.0 Å². The molecule has 1 saturated heterocycles. The number of aryl methyl sites for hydroxylation is 3. The highest BCUT2D eigenvalue weighted by molar-refractivity contribution is 7.89. The molecular formula is C20H26N4O4S. The van der Waals surface area contributed by atoms with Crippen LogP contribution in [0.5, 0.6) is 0 Å². The Morgan fingerprint density at radius 3 is 2.34 bits per heavy atom. The number of hydrogen-bond donors (Lipinski definition) is 0. The Hall–Kier alpha value is -2.52. The van der Waals surface area contributed by atoms with Crippen molar-refractivity contribution < 1.29 is 18.0 Å². The van der Waals surface area contributed by atoms with Gasteiger partial charge in [-0.15, -0.1) is 0 Å². The zero-order chi connectivity index (χ0) is 21.2. The van der Waals surface area contributed by atoms with Crippen molar-refractivity contribution in [1.29, 1.82) is 0 Å². The van der Waals surface area contributed by atoms with Crippen molar-refractivity contribution in [2.45, 2.75) is 38.6 Å². The maximum Gasteiger partial charge on any atom is 0.243 e. The van der Waals surface area contributed by atoms with Crippen LogP contribution >= 0.6 is 0 Å². The summed E-state index contributed by atoms with van der Waals surface area (Å²) in [6.45, 7) is 6.95. The molecule has 156 valence electrons. The average molecular weight is 419 g/mol. The summed E-state index contributed by atoms with van der Waals surface area (Å²) in [7, 11) is -3.70. The number of Topliss-reactive ketones (excluding diaryl/α,β-unsaturated/α-hetero) is 1. The highest BCUT2D eigenvalue weighted by Crippen LogP contribution is 2.19. The Labute approximate surface area is 171 Å². The van der Waals surface area contributed by atoms with Gasteiger partial charge in [0.05, 0.1) is 10.6 Å². The fourth-order valence-electron chi connectivity index (χ4n) is 3.46. The minimum Gasteiger partial charge on any atom is -0.340 e. The van der Waals surface area contributed by atoms with Crippen LogP contribution in [0.3, 0.4) is 0 Å². The van der Waals surface area contributed by atoms with Gasteiger partial charge in [-0.25, -0.2) is 8.42 Å². The van der Waals surface area contributed by atoms with E-state index in [0.717, 1.165) is 11.4 Å². The first-order valence-corrected chi connectivity index (χ1v) is 11.0. The molecule has 29 heavy (non-hydrogen) atoms. The molecule has 1 aromatic carbocycles. The van der Waals surface area contributed by atoms with Gasteiger partial charge in [0.1, 0.15) is 0 Å². The molecule has 1 aliphatic heterocycles. The number of amides is 1. The largest absolute Gasteiger partial charge is 0.340 e. The van der Waals surface area contributed by atoms with Crippen molar-refractivity contribution in [2.24, 2.45) is 0 Å². The third kappa shape index (κ3) is 4.73. The van der Waals surface area contributed by atoms with E-state index in [2.05, 4.69) is 5.10 Å². The highest BCUT2D eigenvalue weighted by Gasteiger charge is 2.30. The summed E-state index contributed by atoms with van der Waals surface area (Å²) in [5, 5.41) is 4.36. The SMILES string of the molecule is CC(=O)c1cccc(S(=O)(=O)N2CCN(C(=O)CCn3nc(C)cc3C)CC2)c1. The molecule has 0 spiro atoms. The quantitative estimate of drug-likeness (QED) is 0.665. The second-order valence-electron chi connectivity index (χ2n) is 7.27. The van der Waals surface area contributed by atoms with E-state index in [1.807, 2.05) is 24.6 Å². The molecule has 1 aliphatic rings. The van der Waals surface area contributed by atoms with E-state index in [1.54, 1.807) is 17.0 Å². The monoisotopic (exact) mass is 418 g/mol. The minimum atomic E-state index is -3.70. The van der Waals surface area contributed by atoms with Crippen LogP contribution in [-0.4, -0.2) is 65.3 Å². The van der Waals surface area contributed by atoms with Gasteiger partial charge in [-0.1, -0.05) is 12.1 Å². The number of sulfonamides is 1. The Morgan fingerprint density at radius 2 is 1.76 bits per heavy atom. The van der Waals surface area contributed by atoms with Crippen molar-refractivity contribution in [1.82, 2.24) is 19.0 Å². The van der Waals surface area contributed by atoms with Gasteiger partial charge in [0.25, 0.3) is 0 Å². The second-order valence-corrected chi connectivity index (χ2v) is 9.21. The normalized spacial score (nSPS) is 15.5. The average Bonchev–Trinajstić information content (AvgIpc) is 3.03. The maximum atomic E-state index is 12.9. The molecule has 2 heterocycles. The molecule has 0 unspecified atom stereocenters. The minimum absolute atomic E-state index is 0.00632. The van der Waals surface area contributed by atoms with Gasteiger partial charge < -0.3 is 4.90 Å². The van der Waals surface area contributed by atoms with Crippen LogP contribution in [-0.2, 0) is 21.4 Å². The predicted molar refractivity (Wildman–Crippen MR) is 108 cm³/mol. The number of aromatic nitrogens is 2. The lowest BCUT2D eigenvalue weighted by Crippen LogP contribution is -2.50. The molecule has 0 atom stereocenters. The topological polar surface area (TPSA) is 92.6 Å². The van der Waals surface area contributed by atoms with E-state index < -0.39 is 10.0 Å². The summed E-state index contributed by atoms with van der Waals surface area (Å²) < 4.78 is 29.0. The van der Waals surface area contributed by atoms with Gasteiger partial charge in [0.2, 0.25) is 15.9 Å². The number of ketones is 1. The van der Waals surface area contributed by atoms with Crippen LogP contribution in [0.2, 0.25) is 0 Å². The predicted octanol–water partition coefficient (Wildman–Crippen LogP) is 1.63. The van der Waals surface area contributed by atoms with Gasteiger partial charge in [0.15, 0.2) is 5.78 Å². The molecule has 0 saturated carbocycles. The molecule has 2 aromatic rings. The standard InChI is InChI=1S/C20H26N4O4S/c1-15-13-16(2)24(21-15)8-7-20(26)22-9-11-23(12-10-22)29(27,28)19-6-4-5-18(14-19)17(3)25/h4-6,13-14H,7-12H2,1-3H3. The molecule has 0 bridgehead atoms. The summed E-state index contributed by atoms with van der Waals surface area (Å²) in [4.78, 5) is 25.9. The van der Waals surface area contributed by atoms with E-state index in [-0.39, 0.29) is 29.7 Å². The first kappa shape index (κ1) is 21.2. The summed E-state index contributed by atoms with van der Waals surface area (Å²) in [5.74, 6) is -0.187. The van der Waals surface area contributed by atoms with Crippen LogP contribution in [0.25, 0.3) is 0 Å². The van der Waals surface area contributed by atoms with Crippen LogP contribution in [0.4, 0.5) is 0 Å². The second kappa shape index (κ2) is 8.46. The molecule has 3 rings (SSSR count). The lowest BCUT2D eigenvalue weighted by molar-refractivity contribution is -0.132. The van der Waals surface area contributed by atoms with Crippen LogP contribution in [0.1, 0.15) is 35.1 Å². The summed E-state index contributed by atoms with van der Waals surface area (Å²) in [5.41, 5.74) is 2.30. The number of hydrogen-bond acceptors (Lipinski definition) is 5. The summed E-state index contributed by atoms with van der Waals surface area (Å²) in [6, 6.07) is 8.04. The van der Waals surface area contributed by atoms with Crippen molar-refractivity contribution in [3.05, 3.63) is 47.3 Å². The number of carbonyl (C=O) groups excluding carboxylic acids is 2. The zero-order valence-corrected chi connectivity index (χ0v) is 17.8. The van der Waals surface area contributed by atoms with E-state index in [1.165, 1.54) is 23.4 Å². The molecule has 9 heteroatoms. The zero-order valence-electron chi connectivity index (χ0n) is 17.0. The molecular weight excluding hydrogens is 392 g/mol. The summed E-state index contributed by atoms with van der Waals surface area (Å²) >= 11 is 0. The fourth-order valence-corrected chi connectivity index (χ4v) is 4.93. The number of piperazine rings is 1. The first-order valence-electron chi connectivity index (χ1n) is 9.58. The Balaban J connectivity index is 1.59. The van der Waals surface area contributed by atoms with Crippen molar-refractivity contribution >= 4 is 21.7 Å². The fraction of sp³-hybridized carbons (Fsp3) is 0.450. The van der Waals surface area contributed by atoms with Gasteiger partial charge in [-0.2, -0.15) is 9.40 Å². The smallest absolute Gasteiger partial charge is 0.243 e. The lowest BCUT2D eigenvalue weighted by Gasteiger charge is -2.34. The Bertz CT molecular complexity index is 1020. The maximum absolute atomic E-state index is 12.9. The van der Waals surface area contributed by atoms with E-state index in [9.17, 15) is 18.0 Å². The van der Waals surface area contributed by atoms with E-state index in [4.69, 9.17) is 0 Å². The van der Waals surface area contributed by atoms with E-state index in [0.29, 0.717) is 31.6 Å².